The van der Waals surface area contributed by atoms with Crippen LogP contribution in [0.15, 0.2) is 170 Å². The Balaban J connectivity index is 0.00000372. The molecule has 7 aromatic carbocycles. The van der Waals surface area contributed by atoms with Crippen molar-refractivity contribution in [3.8, 4) is 62.1 Å². The summed E-state index contributed by atoms with van der Waals surface area (Å²) >= 11 is 0. The van der Waals surface area contributed by atoms with Crippen LogP contribution >= 0.6 is 0 Å². The Morgan fingerprint density at radius 3 is 1.57 bits per heavy atom. The average molecular weight is 683 g/mol. The fraction of sp³-hybridized carbons (Fsp3) is 0.0816. The van der Waals surface area contributed by atoms with Gasteiger partial charge in [-0.3, -0.25) is 4.57 Å². The van der Waals surface area contributed by atoms with E-state index in [9.17, 15) is 0 Å². The third-order valence-corrected chi connectivity index (χ3v) is 10.7. The van der Waals surface area contributed by atoms with Crippen LogP contribution in [0.4, 0.5) is 0 Å². The number of benzene rings is 7. The van der Waals surface area contributed by atoms with Crippen LogP contribution in [0.25, 0.3) is 83.9 Å². The summed E-state index contributed by atoms with van der Waals surface area (Å²) in [6, 6.07) is 60.1. The second kappa shape index (κ2) is 12.5. The number of para-hydroxylation sites is 1. The van der Waals surface area contributed by atoms with Crippen molar-refractivity contribution in [3.05, 3.63) is 181 Å². The molecule has 4 nitrogen and oxygen atoms in total. The topological polar surface area (TPSA) is 43.6 Å². The summed E-state index contributed by atoms with van der Waals surface area (Å²) in [5, 5.41) is 2.35. The van der Waals surface area contributed by atoms with Crippen LogP contribution in [0, 0.1) is 0 Å². The number of hydrogen-bond donors (Lipinski definition) is 0. The van der Waals surface area contributed by atoms with Gasteiger partial charge in [-0.2, -0.15) is 9.97 Å². The first-order valence-electron chi connectivity index (χ1n) is 17.8. The van der Waals surface area contributed by atoms with E-state index in [0.29, 0.717) is 17.6 Å². The van der Waals surface area contributed by atoms with E-state index in [1.54, 1.807) is 0 Å². The Labute approximate surface area is 310 Å². The van der Waals surface area contributed by atoms with E-state index in [0.717, 1.165) is 44.4 Å². The Kier molecular flexibility index (Phi) is 7.63. The summed E-state index contributed by atoms with van der Waals surface area (Å²) in [5.74, 6) is 1.85. The lowest BCUT2D eigenvalue weighted by atomic mass is 9.82. The molecule has 10 rings (SSSR count). The van der Waals surface area contributed by atoms with E-state index >= 15 is 0 Å². The van der Waals surface area contributed by atoms with Crippen LogP contribution in [0.5, 0.6) is 0 Å². The molecule has 0 radical (unpaired) electrons. The van der Waals surface area contributed by atoms with Crippen LogP contribution in [0.2, 0.25) is 0 Å². The van der Waals surface area contributed by atoms with E-state index in [4.69, 9.17) is 15.0 Å². The van der Waals surface area contributed by atoms with Gasteiger partial charge in [0.15, 0.2) is 11.6 Å². The van der Waals surface area contributed by atoms with Gasteiger partial charge in [0.25, 0.3) is 0 Å². The Morgan fingerprint density at radius 2 is 0.925 bits per heavy atom. The van der Waals surface area contributed by atoms with Gasteiger partial charge in [-0.15, -0.1) is 0 Å². The van der Waals surface area contributed by atoms with E-state index in [1.165, 1.54) is 33.0 Å². The lowest BCUT2D eigenvalue weighted by molar-refractivity contribution is 0.661. The van der Waals surface area contributed by atoms with Crippen LogP contribution < -0.4 is 0 Å². The highest BCUT2D eigenvalue weighted by Gasteiger charge is 2.36. The van der Waals surface area contributed by atoms with Crippen molar-refractivity contribution in [2.45, 2.75) is 26.7 Å². The number of fused-ring (bicyclic) bond motifs is 6. The molecule has 9 aromatic rings. The SMILES string of the molecule is C.CC1(C)c2ccccc2-c2cc3c4ccccc4n(-c4nc(-c5cccc(-c6ccccc6)c5)nc(-c5cccc(-c6ccccc6)c5)n4)c3cc21. The van der Waals surface area contributed by atoms with E-state index in [-0.39, 0.29) is 12.8 Å². The molecular formula is C49H38N4. The van der Waals surface area contributed by atoms with Crippen LogP contribution in [0.1, 0.15) is 32.4 Å². The zero-order valence-corrected chi connectivity index (χ0v) is 29.0. The van der Waals surface area contributed by atoms with Gasteiger partial charge in [-0.05, 0) is 74.8 Å². The van der Waals surface area contributed by atoms with E-state index in [1.807, 2.05) is 12.1 Å². The fourth-order valence-corrected chi connectivity index (χ4v) is 8.04. The molecule has 2 aromatic heterocycles. The largest absolute Gasteiger partial charge is 0.278 e. The maximum Gasteiger partial charge on any atom is 0.238 e. The Bertz CT molecular complexity index is 2710. The molecule has 4 heteroatoms. The first-order chi connectivity index (χ1) is 25.5. The van der Waals surface area contributed by atoms with Crippen molar-refractivity contribution in [2.24, 2.45) is 0 Å². The molecule has 0 atom stereocenters. The zero-order valence-electron chi connectivity index (χ0n) is 29.0. The van der Waals surface area contributed by atoms with Crippen LogP contribution in [0.3, 0.4) is 0 Å². The van der Waals surface area contributed by atoms with Gasteiger partial charge in [0, 0.05) is 27.3 Å². The van der Waals surface area contributed by atoms with Crippen LogP contribution in [-0.4, -0.2) is 19.5 Å². The third-order valence-electron chi connectivity index (χ3n) is 10.7. The Morgan fingerprint density at radius 1 is 0.396 bits per heavy atom. The minimum atomic E-state index is -0.146. The fourth-order valence-electron chi connectivity index (χ4n) is 8.04. The molecule has 0 saturated carbocycles. The minimum absolute atomic E-state index is 0. The van der Waals surface area contributed by atoms with Gasteiger partial charge in [0.2, 0.25) is 5.95 Å². The molecule has 2 heterocycles. The average Bonchev–Trinajstić information content (AvgIpc) is 3.65. The first-order valence-corrected chi connectivity index (χ1v) is 17.8. The number of rotatable bonds is 5. The first kappa shape index (κ1) is 32.3. The van der Waals surface area contributed by atoms with Crippen molar-refractivity contribution >= 4 is 21.8 Å². The molecule has 0 amide bonds. The molecule has 0 bridgehead atoms. The second-order valence-corrected chi connectivity index (χ2v) is 14.1. The zero-order chi connectivity index (χ0) is 34.8. The molecule has 0 fully saturated rings. The molecular weight excluding hydrogens is 645 g/mol. The smallest absolute Gasteiger partial charge is 0.238 e. The summed E-state index contributed by atoms with van der Waals surface area (Å²) in [6.07, 6.45) is 0. The van der Waals surface area contributed by atoms with E-state index < -0.39 is 0 Å². The maximum atomic E-state index is 5.30. The number of aromatic nitrogens is 4. The minimum Gasteiger partial charge on any atom is -0.278 e. The van der Waals surface area contributed by atoms with Gasteiger partial charge < -0.3 is 0 Å². The summed E-state index contributed by atoms with van der Waals surface area (Å²) in [6.45, 7) is 4.66. The predicted octanol–water partition coefficient (Wildman–Crippen LogP) is 12.6. The summed E-state index contributed by atoms with van der Waals surface area (Å²) < 4.78 is 2.24. The highest BCUT2D eigenvalue weighted by atomic mass is 15.2. The van der Waals surface area contributed by atoms with Gasteiger partial charge >= 0.3 is 0 Å². The molecule has 53 heavy (non-hydrogen) atoms. The quantitative estimate of drug-likeness (QED) is 0.181. The second-order valence-electron chi connectivity index (χ2n) is 14.1. The molecule has 0 N–H and O–H groups in total. The van der Waals surface area contributed by atoms with Crippen molar-refractivity contribution in [1.82, 2.24) is 19.5 Å². The predicted molar refractivity (Wildman–Crippen MR) is 220 cm³/mol. The number of hydrogen-bond acceptors (Lipinski definition) is 3. The monoisotopic (exact) mass is 682 g/mol. The molecule has 1 aliphatic rings. The lowest BCUT2D eigenvalue weighted by Crippen LogP contribution is -2.15. The van der Waals surface area contributed by atoms with Gasteiger partial charge in [0.05, 0.1) is 11.0 Å². The molecule has 0 spiro atoms. The van der Waals surface area contributed by atoms with Gasteiger partial charge in [0.1, 0.15) is 0 Å². The maximum absolute atomic E-state index is 5.30. The Hall–Kier alpha value is -6.65. The van der Waals surface area contributed by atoms with Gasteiger partial charge in [-0.1, -0.05) is 161 Å². The highest BCUT2D eigenvalue weighted by Crippen LogP contribution is 2.51. The van der Waals surface area contributed by atoms with Crippen molar-refractivity contribution in [3.63, 3.8) is 0 Å². The molecule has 1 aliphatic carbocycles. The lowest BCUT2D eigenvalue weighted by Gasteiger charge is -2.21. The summed E-state index contributed by atoms with van der Waals surface area (Å²) in [7, 11) is 0. The highest BCUT2D eigenvalue weighted by molar-refractivity contribution is 6.11. The van der Waals surface area contributed by atoms with Crippen molar-refractivity contribution < 1.29 is 0 Å². The van der Waals surface area contributed by atoms with Crippen molar-refractivity contribution in [2.75, 3.05) is 0 Å². The van der Waals surface area contributed by atoms with Crippen LogP contribution in [-0.2, 0) is 5.41 Å². The standard InChI is InChI=1S/C48H34N4.CH4/c1-48(2)41-25-11-9-23-37(41)39-29-40-38-24-10-12-26-43(38)52(44(40)30-42(39)48)47-50-45(35-21-13-19-33(27-35)31-15-5-3-6-16-31)49-46(51-47)36-22-14-20-34(28-36)32-17-7-4-8-18-32;/h3-30H,1-2H3;1H4. The molecule has 0 unspecified atom stereocenters. The number of nitrogens with zero attached hydrogens (tertiary/aromatic N) is 4. The molecule has 0 aliphatic heterocycles. The van der Waals surface area contributed by atoms with Gasteiger partial charge in [-0.25, -0.2) is 4.98 Å². The van der Waals surface area contributed by atoms with E-state index in [2.05, 4.69) is 176 Å². The molecule has 254 valence electrons. The summed E-state index contributed by atoms with van der Waals surface area (Å²) in [4.78, 5) is 15.8. The molecule has 0 saturated heterocycles. The normalized spacial score (nSPS) is 12.7. The summed E-state index contributed by atoms with van der Waals surface area (Å²) in [5.41, 5.74) is 13.7. The third kappa shape index (κ3) is 5.25. The van der Waals surface area contributed by atoms with Crippen molar-refractivity contribution in [1.29, 1.82) is 0 Å².